The van der Waals surface area contributed by atoms with Crippen LogP contribution in [0.3, 0.4) is 0 Å². The molecule has 0 aromatic heterocycles. The second kappa shape index (κ2) is 12.1. The number of thiol groups is 1. The minimum atomic E-state index is -0.601. The van der Waals surface area contributed by atoms with Crippen LogP contribution in [0.2, 0.25) is 0 Å². The van der Waals surface area contributed by atoms with Crippen LogP contribution in [-0.2, 0) is 15.9 Å². The van der Waals surface area contributed by atoms with Crippen LogP contribution >= 0.6 is 12.6 Å². The molecule has 2 nitrogen and oxygen atoms in total. The molecule has 1 aliphatic rings. The van der Waals surface area contributed by atoms with Crippen molar-refractivity contribution >= 4 is 12.6 Å². The molecule has 0 saturated carbocycles. The first-order valence-corrected chi connectivity index (χ1v) is 12.7. The summed E-state index contributed by atoms with van der Waals surface area (Å²) in [5.41, 5.74) is 7.07. The van der Waals surface area contributed by atoms with Crippen LogP contribution in [-0.4, -0.2) is 25.8 Å². The third-order valence-electron chi connectivity index (χ3n) is 7.01. The Kier molecular flexibility index (Phi) is 9.49. The lowest BCUT2D eigenvalue weighted by Crippen LogP contribution is -2.41. The van der Waals surface area contributed by atoms with E-state index in [1.807, 2.05) is 14.2 Å². The smallest absolute Gasteiger partial charge is 0.174 e. The first-order chi connectivity index (χ1) is 15.2. The molecular formula is C28H40O2S. The molecule has 31 heavy (non-hydrogen) atoms. The topological polar surface area (TPSA) is 18.5 Å². The van der Waals surface area contributed by atoms with Crippen molar-refractivity contribution in [1.29, 1.82) is 0 Å². The Labute approximate surface area is 195 Å². The largest absolute Gasteiger partial charge is 0.353 e. The molecule has 2 aromatic rings. The minimum absolute atomic E-state index is 0.220. The van der Waals surface area contributed by atoms with Crippen LogP contribution in [0.4, 0.5) is 0 Å². The third kappa shape index (κ3) is 5.56. The second-order valence-electron chi connectivity index (χ2n) is 8.86. The monoisotopic (exact) mass is 440 g/mol. The molecule has 1 unspecified atom stereocenters. The molecule has 0 aliphatic heterocycles. The number of hydrogen-bond donors (Lipinski definition) is 1. The van der Waals surface area contributed by atoms with Gasteiger partial charge in [-0.2, -0.15) is 12.6 Å². The Balaban J connectivity index is 1.91. The molecule has 1 atom stereocenters. The van der Waals surface area contributed by atoms with Gasteiger partial charge in [-0.25, -0.2) is 0 Å². The van der Waals surface area contributed by atoms with E-state index in [1.54, 1.807) is 0 Å². The van der Waals surface area contributed by atoms with Gasteiger partial charge in [0.1, 0.15) is 0 Å². The van der Waals surface area contributed by atoms with Crippen LogP contribution in [0.25, 0.3) is 11.1 Å². The molecule has 1 aliphatic carbocycles. The standard InChI is InChI=1S/C28H40O2S/c1-4-5-6-7-8-9-18-27(28(29-2,30-3)19-13-20-31)25-17-12-16-24-23-15-11-10-14-22(23)21-26(24)25/h10-12,14-17,27,31H,4-9,13,18-21H2,1-3H3. The van der Waals surface area contributed by atoms with E-state index in [0.29, 0.717) is 0 Å². The lowest BCUT2D eigenvalue weighted by atomic mass is 9.80. The predicted molar refractivity (Wildman–Crippen MR) is 135 cm³/mol. The SMILES string of the molecule is CCCCCCCCC(c1cccc2c1Cc1ccccc1-2)C(CCCS)(OC)OC. The highest BCUT2D eigenvalue weighted by molar-refractivity contribution is 7.80. The summed E-state index contributed by atoms with van der Waals surface area (Å²) in [6, 6.07) is 15.6. The highest BCUT2D eigenvalue weighted by Crippen LogP contribution is 2.46. The zero-order chi connectivity index (χ0) is 22.1. The number of methoxy groups -OCH3 is 2. The normalized spacial score (nSPS) is 13.8. The summed E-state index contributed by atoms with van der Waals surface area (Å²) in [5.74, 6) is 0.463. The van der Waals surface area contributed by atoms with E-state index < -0.39 is 5.79 Å². The van der Waals surface area contributed by atoms with E-state index in [1.165, 1.54) is 66.3 Å². The Morgan fingerprint density at radius 2 is 1.58 bits per heavy atom. The van der Waals surface area contributed by atoms with Gasteiger partial charge in [0.25, 0.3) is 0 Å². The summed E-state index contributed by atoms with van der Waals surface area (Å²) in [7, 11) is 3.63. The molecule has 3 heteroatoms. The van der Waals surface area contributed by atoms with Crippen LogP contribution in [0, 0.1) is 0 Å². The van der Waals surface area contributed by atoms with Gasteiger partial charge >= 0.3 is 0 Å². The first kappa shape index (κ1) is 24.4. The maximum absolute atomic E-state index is 6.18. The quantitative estimate of drug-likeness (QED) is 0.157. The fourth-order valence-corrected chi connectivity index (χ4v) is 5.48. The Morgan fingerprint density at radius 1 is 0.871 bits per heavy atom. The van der Waals surface area contributed by atoms with Crippen molar-refractivity contribution in [3.63, 3.8) is 0 Å². The van der Waals surface area contributed by atoms with E-state index in [2.05, 4.69) is 62.0 Å². The van der Waals surface area contributed by atoms with Gasteiger partial charge < -0.3 is 9.47 Å². The average molecular weight is 441 g/mol. The molecular weight excluding hydrogens is 400 g/mol. The number of ether oxygens (including phenoxy) is 2. The molecule has 0 bridgehead atoms. The van der Waals surface area contributed by atoms with E-state index in [-0.39, 0.29) is 5.92 Å². The second-order valence-corrected chi connectivity index (χ2v) is 9.31. The van der Waals surface area contributed by atoms with Crippen LogP contribution in [0.5, 0.6) is 0 Å². The Morgan fingerprint density at radius 3 is 2.32 bits per heavy atom. The van der Waals surface area contributed by atoms with Crippen molar-refractivity contribution in [2.24, 2.45) is 0 Å². The average Bonchev–Trinajstić information content (AvgIpc) is 3.19. The first-order valence-electron chi connectivity index (χ1n) is 12.1. The van der Waals surface area contributed by atoms with Crippen molar-refractivity contribution < 1.29 is 9.47 Å². The van der Waals surface area contributed by atoms with Crippen molar-refractivity contribution in [3.8, 4) is 11.1 Å². The van der Waals surface area contributed by atoms with Gasteiger partial charge in [-0.3, -0.25) is 0 Å². The van der Waals surface area contributed by atoms with Gasteiger partial charge in [-0.1, -0.05) is 87.9 Å². The zero-order valence-electron chi connectivity index (χ0n) is 19.7. The Hall–Kier alpha value is -1.29. The molecule has 2 aromatic carbocycles. The molecule has 0 N–H and O–H groups in total. The van der Waals surface area contributed by atoms with Crippen LogP contribution in [0.1, 0.15) is 87.3 Å². The van der Waals surface area contributed by atoms with Gasteiger partial charge in [0.2, 0.25) is 0 Å². The van der Waals surface area contributed by atoms with E-state index in [4.69, 9.17) is 9.47 Å². The fraction of sp³-hybridized carbons (Fsp3) is 0.571. The van der Waals surface area contributed by atoms with Gasteiger partial charge in [0, 0.05) is 26.6 Å². The zero-order valence-corrected chi connectivity index (χ0v) is 20.6. The van der Waals surface area contributed by atoms with Gasteiger partial charge in [0.05, 0.1) is 0 Å². The third-order valence-corrected chi connectivity index (χ3v) is 7.33. The van der Waals surface area contributed by atoms with Gasteiger partial charge in [-0.05, 0) is 52.8 Å². The highest BCUT2D eigenvalue weighted by Gasteiger charge is 2.41. The molecule has 0 fully saturated rings. The lowest BCUT2D eigenvalue weighted by molar-refractivity contribution is -0.227. The number of hydrogen-bond acceptors (Lipinski definition) is 3. The molecule has 0 amide bonds. The molecule has 0 spiro atoms. The van der Waals surface area contributed by atoms with Crippen molar-refractivity contribution in [1.82, 2.24) is 0 Å². The fourth-order valence-electron chi connectivity index (χ4n) is 5.32. The number of rotatable bonds is 14. The summed E-state index contributed by atoms with van der Waals surface area (Å²) in [4.78, 5) is 0. The molecule has 0 heterocycles. The van der Waals surface area contributed by atoms with E-state index in [9.17, 15) is 0 Å². The molecule has 0 radical (unpaired) electrons. The summed E-state index contributed by atoms with van der Waals surface area (Å²) in [5, 5.41) is 0. The molecule has 3 rings (SSSR count). The summed E-state index contributed by atoms with van der Waals surface area (Å²) >= 11 is 4.47. The lowest BCUT2D eigenvalue weighted by Gasteiger charge is -2.40. The summed E-state index contributed by atoms with van der Waals surface area (Å²) in [6.07, 6.45) is 11.7. The van der Waals surface area contributed by atoms with Crippen molar-refractivity contribution in [3.05, 3.63) is 59.2 Å². The summed E-state index contributed by atoms with van der Waals surface area (Å²) < 4.78 is 12.4. The van der Waals surface area contributed by atoms with Gasteiger partial charge in [-0.15, -0.1) is 0 Å². The predicted octanol–water partition coefficient (Wildman–Crippen LogP) is 7.79. The Bertz CT molecular complexity index is 812. The van der Waals surface area contributed by atoms with Crippen LogP contribution < -0.4 is 0 Å². The summed E-state index contributed by atoms with van der Waals surface area (Å²) in [6.45, 7) is 2.27. The van der Waals surface area contributed by atoms with Gasteiger partial charge in [0.15, 0.2) is 5.79 Å². The number of fused-ring (bicyclic) bond motifs is 3. The molecule has 170 valence electrons. The maximum Gasteiger partial charge on any atom is 0.174 e. The highest BCUT2D eigenvalue weighted by atomic mass is 32.1. The van der Waals surface area contributed by atoms with Crippen molar-refractivity contribution in [2.45, 2.75) is 82.8 Å². The van der Waals surface area contributed by atoms with E-state index in [0.717, 1.165) is 31.4 Å². The van der Waals surface area contributed by atoms with E-state index >= 15 is 0 Å². The number of unbranched alkanes of at least 4 members (excludes halogenated alkanes) is 5. The minimum Gasteiger partial charge on any atom is -0.353 e. The molecule has 0 saturated heterocycles. The van der Waals surface area contributed by atoms with Crippen molar-refractivity contribution in [2.75, 3.05) is 20.0 Å². The maximum atomic E-state index is 6.18. The number of benzene rings is 2. The van der Waals surface area contributed by atoms with Crippen LogP contribution in [0.15, 0.2) is 42.5 Å².